The van der Waals surface area contributed by atoms with Gasteiger partial charge in [0.25, 0.3) is 0 Å². The summed E-state index contributed by atoms with van der Waals surface area (Å²) in [5.41, 5.74) is 1.08. The number of rotatable bonds is 2. The number of nitrogens with zero attached hydrogens (tertiary/aromatic N) is 1. The first-order valence-corrected chi connectivity index (χ1v) is 2.99. The van der Waals surface area contributed by atoms with E-state index in [1.54, 1.807) is 5.48 Å². The fourth-order valence-electron chi connectivity index (χ4n) is 0.722. The van der Waals surface area contributed by atoms with Gasteiger partial charge in [-0.25, -0.2) is 0 Å². The van der Waals surface area contributed by atoms with Crippen molar-refractivity contribution < 1.29 is 14.5 Å². The molecule has 0 spiro atoms. The molecule has 0 saturated carbocycles. The van der Waals surface area contributed by atoms with Gasteiger partial charge in [0.05, 0.1) is 10.6 Å². The highest BCUT2D eigenvalue weighted by Crippen LogP contribution is 2.20. The molecule has 0 fully saturated rings. The molecule has 0 aromatic heterocycles. The molecule has 1 aromatic rings. The lowest BCUT2D eigenvalue weighted by Crippen LogP contribution is -1.95. The molecular formula is C6H5FN2O3. The number of anilines is 1. The van der Waals surface area contributed by atoms with Gasteiger partial charge in [-0.05, 0) is 12.1 Å². The fourth-order valence-corrected chi connectivity index (χ4v) is 0.722. The van der Waals surface area contributed by atoms with E-state index < -0.39 is 16.4 Å². The third-order valence-electron chi connectivity index (χ3n) is 1.27. The van der Waals surface area contributed by atoms with Crippen molar-refractivity contribution >= 4 is 11.4 Å². The molecule has 12 heavy (non-hydrogen) atoms. The van der Waals surface area contributed by atoms with Crippen molar-refractivity contribution in [3.8, 4) is 0 Å². The quantitative estimate of drug-likeness (QED) is 0.524. The summed E-state index contributed by atoms with van der Waals surface area (Å²) in [5.74, 6) is -0.931. The van der Waals surface area contributed by atoms with Gasteiger partial charge in [0.15, 0.2) is 0 Å². The highest BCUT2D eigenvalue weighted by atomic mass is 19.1. The molecule has 0 saturated heterocycles. The molecule has 0 aliphatic carbocycles. The smallest absolute Gasteiger partial charge is 0.291 e. The summed E-state index contributed by atoms with van der Waals surface area (Å²) in [5, 5.41) is 18.5. The van der Waals surface area contributed by atoms with Crippen LogP contribution < -0.4 is 5.48 Å². The van der Waals surface area contributed by atoms with E-state index in [1.165, 1.54) is 6.07 Å². The Hall–Kier alpha value is -1.69. The van der Waals surface area contributed by atoms with E-state index in [1.807, 2.05) is 0 Å². The number of nitro groups is 1. The van der Waals surface area contributed by atoms with Crippen molar-refractivity contribution in [1.29, 1.82) is 0 Å². The number of nitrogens with one attached hydrogen (secondary N) is 1. The molecule has 5 nitrogen and oxygen atoms in total. The first-order valence-electron chi connectivity index (χ1n) is 2.99. The van der Waals surface area contributed by atoms with Crippen LogP contribution in [0.25, 0.3) is 0 Å². The maximum atomic E-state index is 12.6. The zero-order valence-corrected chi connectivity index (χ0v) is 5.82. The van der Waals surface area contributed by atoms with E-state index in [9.17, 15) is 14.5 Å². The number of nitro benzene ring substituents is 1. The fraction of sp³-hybridized carbons (Fsp3) is 0. The maximum absolute atomic E-state index is 12.6. The lowest BCUT2D eigenvalue weighted by molar-refractivity contribution is -0.387. The summed E-state index contributed by atoms with van der Waals surface area (Å²) in [6.07, 6.45) is 0. The Labute approximate surface area is 66.5 Å². The van der Waals surface area contributed by atoms with Gasteiger partial charge in [0.2, 0.25) is 5.82 Å². The Kier molecular flexibility index (Phi) is 2.20. The SMILES string of the molecule is O=[N+]([O-])c1cc(NO)ccc1F. The lowest BCUT2D eigenvalue weighted by Gasteiger charge is -1.97. The summed E-state index contributed by atoms with van der Waals surface area (Å²) in [6, 6.07) is 2.98. The second-order valence-electron chi connectivity index (χ2n) is 2.04. The molecule has 64 valence electrons. The van der Waals surface area contributed by atoms with Gasteiger partial charge in [-0.3, -0.25) is 20.8 Å². The zero-order chi connectivity index (χ0) is 9.14. The summed E-state index contributed by atoms with van der Waals surface area (Å²) >= 11 is 0. The van der Waals surface area contributed by atoms with Crippen molar-refractivity contribution in [2.24, 2.45) is 0 Å². The van der Waals surface area contributed by atoms with Crippen LogP contribution in [0.1, 0.15) is 0 Å². The first-order chi connectivity index (χ1) is 5.65. The average Bonchev–Trinajstić information content (AvgIpc) is 2.05. The molecule has 0 amide bonds. The lowest BCUT2D eigenvalue weighted by atomic mass is 10.3. The third kappa shape index (κ3) is 1.48. The standard InChI is InChI=1S/C6H5FN2O3/c7-5-2-1-4(8-10)3-6(5)9(11)12/h1-3,8,10H. The Bertz CT molecular complexity index is 316. The maximum Gasteiger partial charge on any atom is 0.306 e. The van der Waals surface area contributed by atoms with Gasteiger partial charge >= 0.3 is 5.69 Å². The number of halogens is 1. The van der Waals surface area contributed by atoms with E-state index in [-0.39, 0.29) is 5.69 Å². The number of hydrogen-bond acceptors (Lipinski definition) is 4. The van der Waals surface area contributed by atoms with Crippen LogP contribution in [0.4, 0.5) is 15.8 Å². The minimum Gasteiger partial charge on any atom is -0.291 e. The Morgan fingerprint density at radius 1 is 1.58 bits per heavy atom. The second kappa shape index (κ2) is 3.14. The predicted molar refractivity (Wildman–Crippen MR) is 38.5 cm³/mol. The number of hydrogen-bond donors (Lipinski definition) is 2. The van der Waals surface area contributed by atoms with E-state index in [0.29, 0.717) is 0 Å². The summed E-state index contributed by atoms with van der Waals surface area (Å²) in [6.45, 7) is 0. The molecule has 1 rings (SSSR count). The van der Waals surface area contributed by atoms with Crippen LogP contribution >= 0.6 is 0 Å². The average molecular weight is 172 g/mol. The van der Waals surface area contributed by atoms with Crippen LogP contribution in [0, 0.1) is 15.9 Å². The third-order valence-corrected chi connectivity index (χ3v) is 1.27. The van der Waals surface area contributed by atoms with Crippen LogP contribution in [0.5, 0.6) is 0 Å². The molecule has 6 heteroatoms. The molecule has 0 radical (unpaired) electrons. The summed E-state index contributed by atoms with van der Waals surface area (Å²) < 4.78 is 12.6. The predicted octanol–water partition coefficient (Wildman–Crippen LogP) is 1.53. The molecule has 1 aromatic carbocycles. The molecule has 0 heterocycles. The van der Waals surface area contributed by atoms with Crippen molar-refractivity contribution in [2.45, 2.75) is 0 Å². The Balaban J connectivity index is 3.17. The zero-order valence-electron chi connectivity index (χ0n) is 5.82. The van der Waals surface area contributed by atoms with Crippen LogP contribution in [0.3, 0.4) is 0 Å². The van der Waals surface area contributed by atoms with Crippen LogP contribution in [-0.4, -0.2) is 10.1 Å². The van der Waals surface area contributed by atoms with E-state index >= 15 is 0 Å². The normalized spacial score (nSPS) is 9.50. The second-order valence-corrected chi connectivity index (χ2v) is 2.04. The first kappa shape index (κ1) is 8.41. The Morgan fingerprint density at radius 3 is 2.75 bits per heavy atom. The van der Waals surface area contributed by atoms with Crippen molar-refractivity contribution in [3.05, 3.63) is 34.1 Å². The molecule has 0 aliphatic heterocycles. The van der Waals surface area contributed by atoms with Gasteiger partial charge in [0.1, 0.15) is 0 Å². The minimum absolute atomic E-state index is 0.0723. The minimum atomic E-state index is -0.931. The summed E-state index contributed by atoms with van der Waals surface area (Å²) in [7, 11) is 0. The molecule has 0 unspecified atom stereocenters. The molecule has 0 atom stereocenters. The van der Waals surface area contributed by atoms with Gasteiger partial charge in [-0.1, -0.05) is 0 Å². The number of benzene rings is 1. The van der Waals surface area contributed by atoms with Gasteiger partial charge in [-0.15, -0.1) is 0 Å². The summed E-state index contributed by atoms with van der Waals surface area (Å²) in [4.78, 5) is 9.28. The van der Waals surface area contributed by atoms with E-state index in [4.69, 9.17) is 5.21 Å². The molecule has 0 bridgehead atoms. The highest BCUT2D eigenvalue weighted by Gasteiger charge is 2.13. The van der Waals surface area contributed by atoms with Crippen LogP contribution in [-0.2, 0) is 0 Å². The highest BCUT2D eigenvalue weighted by molar-refractivity contribution is 5.50. The molecular weight excluding hydrogens is 167 g/mol. The largest absolute Gasteiger partial charge is 0.306 e. The molecule has 0 aliphatic rings. The van der Waals surface area contributed by atoms with Crippen molar-refractivity contribution in [3.63, 3.8) is 0 Å². The van der Waals surface area contributed by atoms with Gasteiger partial charge in [-0.2, -0.15) is 4.39 Å². The van der Waals surface area contributed by atoms with Crippen molar-refractivity contribution in [1.82, 2.24) is 0 Å². The van der Waals surface area contributed by atoms with Gasteiger partial charge < -0.3 is 0 Å². The monoisotopic (exact) mass is 172 g/mol. The topological polar surface area (TPSA) is 75.4 Å². The van der Waals surface area contributed by atoms with Gasteiger partial charge in [0, 0.05) is 6.07 Å². The molecule has 2 N–H and O–H groups in total. The van der Waals surface area contributed by atoms with E-state index in [2.05, 4.69) is 0 Å². The van der Waals surface area contributed by atoms with Crippen molar-refractivity contribution in [2.75, 3.05) is 5.48 Å². The van der Waals surface area contributed by atoms with E-state index in [0.717, 1.165) is 12.1 Å². The Morgan fingerprint density at radius 2 is 2.25 bits per heavy atom. The van der Waals surface area contributed by atoms with Crippen LogP contribution in [0.2, 0.25) is 0 Å². The van der Waals surface area contributed by atoms with Crippen LogP contribution in [0.15, 0.2) is 18.2 Å².